The smallest absolute Gasteiger partial charge is 0.248 e. The summed E-state index contributed by atoms with van der Waals surface area (Å²) in [5.74, 6) is -0.528. The summed E-state index contributed by atoms with van der Waals surface area (Å²) in [4.78, 5) is 24.2. The van der Waals surface area contributed by atoms with Crippen LogP contribution in [0.15, 0.2) is 79.4 Å². The largest absolute Gasteiger partial charge is 0.366 e. The third-order valence-corrected chi connectivity index (χ3v) is 5.36. The summed E-state index contributed by atoms with van der Waals surface area (Å²) in [7, 11) is 0. The number of carbonyl (C=O) groups excluding carboxylic acids is 2. The molecule has 31 heavy (non-hydrogen) atoms. The van der Waals surface area contributed by atoms with Crippen LogP contribution in [0.5, 0.6) is 0 Å². The first-order valence-electron chi connectivity index (χ1n) is 9.87. The van der Waals surface area contributed by atoms with Crippen molar-refractivity contribution in [3.63, 3.8) is 0 Å². The van der Waals surface area contributed by atoms with Gasteiger partial charge in [0.25, 0.3) is 0 Å². The quantitative estimate of drug-likeness (QED) is 0.409. The molecule has 0 aliphatic heterocycles. The van der Waals surface area contributed by atoms with Crippen molar-refractivity contribution in [2.45, 2.75) is 12.8 Å². The fourth-order valence-corrected chi connectivity index (χ4v) is 3.43. The van der Waals surface area contributed by atoms with Crippen LogP contribution in [0.25, 0.3) is 27.6 Å². The highest BCUT2D eigenvalue weighted by molar-refractivity contribution is 6.17. The van der Waals surface area contributed by atoms with Gasteiger partial charge in [0.1, 0.15) is 0 Å². The van der Waals surface area contributed by atoms with Gasteiger partial charge in [-0.1, -0.05) is 67.2 Å². The molecule has 0 saturated heterocycles. The zero-order valence-electron chi connectivity index (χ0n) is 17.1. The number of nitrogens with one attached hydrogen (secondary N) is 2. The summed E-state index contributed by atoms with van der Waals surface area (Å²) in [6.07, 6.45) is 0. The zero-order chi connectivity index (χ0) is 22.0. The van der Waals surface area contributed by atoms with Gasteiger partial charge >= 0.3 is 0 Å². The molecule has 0 spiro atoms. The number of H-pyrrole nitrogens is 1. The van der Waals surface area contributed by atoms with Crippen molar-refractivity contribution >= 4 is 34.1 Å². The number of primary amides is 1. The lowest BCUT2D eigenvalue weighted by Gasteiger charge is -2.13. The maximum atomic E-state index is 12.9. The molecule has 1 unspecified atom stereocenters. The standard InChI is InChI=1S/C25H22N4O2/c1-15(23(26)30)17-10-12-18(13-11-17)20-7-5-6-19(14-20)16(2)25(31)27-24-21-8-3-4-9-22(21)28-29-24/h3-14,16H,1H2,2H3,(H2,26,30)(H2,27,28,29,31). The Balaban J connectivity index is 1.54. The van der Waals surface area contributed by atoms with Crippen molar-refractivity contribution < 1.29 is 9.59 Å². The molecule has 0 aliphatic carbocycles. The van der Waals surface area contributed by atoms with Gasteiger partial charge in [0.05, 0.1) is 11.4 Å². The number of aromatic amines is 1. The van der Waals surface area contributed by atoms with Gasteiger partial charge in [-0.25, -0.2) is 0 Å². The highest BCUT2D eigenvalue weighted by atomic mass is 16.2. The van der Waals surface area contributed by atoms with E-state index in [2.05, 4.69) is 22.1 Å². The van der Waals surface area contributed by atoms with E-state index in [0.717, 1.165) is 27.6 Å². The summed E-state index contributed by atoms with van der Waals surface area (Å²) in [6.45, 7) is 5.57. The second kappa shape index (κ2) is 8.28. The van der Waals surface area contributed by atoms with E-state index in [-0.39, 0.29) is 17.4 Å². The van der Waals surface area contributed by atoms with Gasteiger partial charge < -0.3 is 11.1 Å². The molecular formula is C25H22N4O2. The van der Waals surface area contributed by atoms with E-state index in [4.69, 9.17) is 5.73 Å². The second-order valence-electron chi connectivity index (χ2n) is 7.37. The summed E-state index contributed by atoms with van der Waals surface area (Å²) in [5.41, 5.74) is 9.95. The molecule has 4 aromatic rings. The molecule has 0 saturated carbocycles. The average molecular weight is 410 g/mol. The van der Waals surface area contributed by atoms with Crippen molar-refractivity contribution in [3.05, 3.63) is 90.5 Å². The summed E-state index contributed by atoms with van der Waals surface area (Å²) in [5, 5.41) is 10.9. The maximum absolute atomic E-state index is 12.9. The molecule has 0 bridgehead atoms. The third-order valence-electron chi connectivity index (χ3n) is 5.36. The predicted octanol–water partition coefficient (Wildman–Crippen LogP) is 4.47. The van der Waals surface area contributed by atoms with Crippen LogP contribution in [0.4, 0.5) is 5.82 Å². The molecule has 0 aliphatic rings. The molecule has 0 radical (unpaired) electrons. The van der Waals surface area contributed by atoms with E-state index >= 15 is 0 Å². The molecule has 1 atom stereocenters. The van der Waals surface area contributed by atoms with E-state index in [1.807, 2.05) is 79.7 Å². The number of amides is 2. The summed E-state index contributed by atoms with van der Waals surface area (Å²) in [6, 6.07) is 22.9. The van der Waals surface area contributed by atoms with Gasteiger partial charge in [-0.15, -0.1) is 0 Å². The highest BCUT2D eigenvalue weighted by Crippen LogP contribution is 2.27. The van der Waals surface area contributed by atoms with Gasteiger partial charge in [0, 0.05) is 11.0 Å². The Bertz CT molecular complexity index is 1290. The Morgan fingerprint density at radius 2 is 1.74 bits per heavy atom. The highest BCUT2D eigenvalue weighted by Gasteiger charge is 2.18. The molecule has 4 rings (SSSR count). The summed E-state index contributed by atoms with van der Waals surface area (Å²) >= 11 is 0. The van der Waals surface area contributed by atoms with Gasteiger partial charge in [-0.05, 0) is 41.3 Å². The Morgan fingerprint density at radius 3 is 2.48 bits per heavy atom. The van der Waals surface area contributed by atoms with Crippen LogP contribution >= 0.6 is 0 Å². The number of nitrogens with zero attached hydrogens (tertiary/aromatic N) is 1. The molecule has 2 amide bonds. The van der Waals surface area contributed by atoms with E-state index < -0.39 is 5.91 Å². The monoisotopic (exact) mass is 410 g/mol. The number of hydrogen-bond donors (Lipinski definition) is 3. The number of carbonyl (C=O) groups is 2. The summed E-state index contributed by atoms with van der Waals surface area (Å²) < 4.78 is 0. The van der Waals surface area contributed by atoms with Gasteiger partial charge in [0.15, 0.2) is 5.82 Å². The number of aromatic nitrogens is 2. The van der Waals surface area contributed by atoms with Crippen LogP contribution in [0.1, 0.15) is 24.0 Å². The minimum atomic E-state index is -0.542. The number of anilines is 1. The van der Waals surface area contributed by atoms with Gasteiger partial charge in [-0.3, -0.25) is 14.7 Å². The van der Waals surface area contributed by atoms with Crippen LogP contribution in [0, 0.1) is 0 Å². The Kier molecular flexibility index (Phi) is 5.37. The van der Waals surface area contributed by atoms with Crippen LogP contribution in [-0.4, -0.2) is 22.0 Å². The average Bonchev–Trinajstić information content (AvgIpc) is 3.21. The maximum Gasteiger partial charge on any atom is 0.248 e. The van der Waals surface area contributed by atoms with Gasteiger partial charge in [-0.2, -0.15) is 5.10 Å². The minimum Gasteiger partial charge on any atom is -0.366 e. The first-order valence-corrected chi connectivity index (χ1v) is 9.87. The molecule has 4 N–H and O–H groups in total. The van der Waals surface area contributed by atoms with Crippen molar-refractivity contribution in [2.75, 3.05) is 5.32 Å². The van der Waals surface area contributed by atoms with Crippen molar-refractivity contribution in [3.8, 4) is 11.1 Å². The second-order valence-corrected chi connectivity index (χ2v) is 7.37. The fraction of sp³-hybridized carbons (Fsp3) is 0.0800. The molecule has 1 heterocycles. The molecule has 1 aromatic heterocycles. The van der Waals surface area contributed by atoms with Crippen molar-refractivity contribution in [1.82, 2.24) is 10.2 Å². The number of benzene rings is 3. The lowest BCUT2D eigenvalue weighted by Crippen LogP contribution is -2.19. The Labute approximate surface area is 179 Å². The zero-order valence-corrected chi connectivity index (χ0v) is 17.1. The minimum absolute atomic E-state index is 0.137. The molecule has 3 aromatic carbocycles. The van der Waals surface area contributed by atoms with Crippen LogP contribution in [-0.2, 0) is 9.59 Å². The number of para-hydroxylation sites is 1. The number of rotatable bonds is 6. The molecule has 0 fully saturated rings. The normalized spacial score (nSPS) is 11.8. The van der Waals surface area contributed by atoms with Crippen LogP contribution in [0.3, 0.4) is 0 Å². The SMILES string of the molecule is C=C(C(N)=O)c1ccc(-c2cccc(C(C)C(=O)Nc3n[nH]c4ccccc34)c2)cc1. The first kappa shape index (κ1) is 20.1. The van der Waals surface area contributed by atoms with Crippen molar-refractivity contribution in [2.24, 2.45) is 5.73 Å². The first-order chi connectivity index (χ1) is 14.9. The van der Waals surface area contributed by atoms with E-state index in [9.17, 15) is 9.59 Å². The van der Waals surface area contributed by atoms with E-state index in [1.54, 1.807) is 0 Å². The number of nitrogens with two attached hydrogens (primary N) is 1. The molecule has 154 valence electrons. The van der Waals surface area contributed by atoms with Crippen molar-refractivity contribution in [1.29, 1.82) is 0 Å². The number of fused-ring (bicyclic) bond motifs is 1. The third kappa shape index (κ3) is 4.09. The topological polar surface area (TPSA) is 101 Å². The lowest BCUT2D eigenvalue weighted by atomic mass is 9.94. The number of hydrogen-bond acceptors (Lipinski definition) is 3. The Morgan fingerprint density at radius 1 is 1.00 bits per heavy atom. The van der Waals surface area contributed by atoms with E-state index in [1.165, 1.54) is 0 Å². The molecule has 6 nitrogen and oxygen atoms in total. The van der Waals surface area contributed by atoms with Crippen LogP contribution in [0.2, 0.25) is 0 Å². The predicted molar refractivity (Wildman–Crippen MR) is 123 cm³/mol. The lowest BCUT2D eigenvalue weighted by molar-refractivity contribution is -0.117. The fourth-order valence-electron chi connectivity index (χ4n) is 3.43. The Hall–Kier alpha value is -4.19. The van der Waals surface area contributed by atoms with Crippen LogP contribution < -0.4 is 11.1 Å². The van der Waals surface area contributed by atoms with E-state index in [0.29, 0.717) is 11.4 Å². The molecule has 6 heteroatoms. The molecular weight excluding hydrogens is 388 g/mol. The van der Waals surface area contributed by atoms with Gasteiger partial charge in [0.2, 0.25) is 11.8 Å².